The Hall–Kier alpha value is -3.82. The number of carboxylic acid groups (broad SMARTS) is 1. The number of fused-ring (bicyclic) bond motifs is 1. The number of benzene rings is 2. The van der Waals surface area contributed by atoms with Crippen LogP contribution in [0.15, 0.2) is 39.5 Å². The molecule has 0 unspecified atom stereocenters. The van der Waals surface area contributed by atoms with Crippen LogP contribution < -0.4 is 10.9 Å². The Morgan fingerprint density at radius 3 is 2.36 bits per heavy atom. The quantitative estimate of drug-likeness (QED) is 0.586. The summed E-state index contributed by atoms with van der Waals surface area (Å²) < 4.78 is 45.2. The first kappa shape index (κ1) is 19.0. The number of halogens is 3. The first-order valence-corrected chi connectivity index (χ1v) is 7.64. The average Bonchev–Trinajstić information content (AvgIpc) is 2.63. The number of hydrogen-bond acceptors (Lipinski definition) is 5. The average molecular weight is 393 g/mol. The second kappa shape index (κ2) is 7.06. The first-order chi connectivity index (χ1) is 13.2. The molecule has 10 heteroatoms. The molecule has 1 heterocycles. The maximum atomic E-state index is 13.7. The standard InChI is InChI=1S/C18H10F3NO6/c19-10-4-7(5-11(20)15(10)21)8-2-1-3-9-13(8)14(18(27)28-17(9)26)16(25)22-6-12(23)24/h1-5,26H,6H2,(H,22,25)(H,23,24). The lowest BCUT2D eigenvalue weighted by molar-refractivity contribution is -0.135. The molecule has 0 radical (unpaired) electrons. The van der Waals surface area contributed by atoms with E-state index in [1.165, 1.54) is 18.2 Å². The predicted octanol–water partition coefficient (Wildman–Crippen LogP) is 2.40. The largest absolute Gasteiger partial charge is 0.480 e. The molecule has 3 aromatic rings. The highest BCUT2D eigenvalue weighted by molar-refractivity contribution is 6.13. The van der Waals surface area contributed by atoms with Gasteiger partial charge in [0.25, 0.3) is 11.9 Å². The van der Waals surface area contributed by atoms with Crippen LogP contribution in [0.25, 0.3) is 21.9 Å². The lowest BCUT2D eigenvalue weighted by Gasteiger charge is -2.12. The molecule has 1 aromatic heterocycles. The number of amides is 1. The molecule has 0 saturated heterocycles. The number of carbonyl (C=O) groups excluding carboxylic acids is 1. The third-order valence-electron chi connectivity index (χ3n) is 3.86. The van der Waals surface area contributed by atoms with Crippen molar-refractivity contribution in [2.45, 2.75) is 0 Å². The van der Waals surface area contributed by atoms with Crippen molar-refractivity contribution >= 4 is 22.6 Å². The van der Waals surface area contributed by atoms with Gasteiger partial charge in [-0.25, -0.2) is 18.0 Å². The number of nitrogens with one attached hydrogen (secondary N) is 1. The van der Waals surface area contributed by atoms with Crippen molar-refractivity contribution < 1.29 is 37.4 Å². The number of aromatic hydroxyl groups is 1. The SMILES string of the molecule is O=C(O)CNC(=O)c1c(=O)oc(O)c2cccc(-c3cc(F)c(F)c(F)c3)c12. The highest BCUT2D eigenvalue weighted by atomic mass is 19.2. The topological polar surface area (TPSA) is 117 Å². The molecule has 3 N–H and O–H groups in total. The Morgan fingerprint density at radius 2 is 1.75 bits per heavy atom. The smallest absolute Gasteiger partial charge is 0.352 e. The number of rotatable bonds is 4. The summed E-state index contributed by atoms with van der Waals surface area (Å²) >= 11 is 0. The van der Waals surface area contributed by atoms with E-state index in [1.807, 2.05) is 5.32 Å². The highest BCUT2D eigenvalue weighted by Crippen LogP contribution is 2.35. The minimum Gasteiger partial charge on any atom is -0.480 e. The maximum absolute atomic E-state index is 13.7. The Morgan fingerprint density at radius 1 is 1.11 bits per heavy atom. The van der Waals surface area contributed by atoms with Crippen LogP contribution >= 0.6 is 0 Å². The molecular formula is C18H10F3NO6. The fourth-order valence-electron chi connectivity index (χ4n) is 2.70. The van der Waals surface area contributed by atoms with Gasteiger partial charge in [0.2, 0.25) is 0 Å². The normalized spacial score (nSPS) is 10.8. The van der Waals surface area contributed by atoms with E-state index in [-0.39, 0.29) is 21.9 Å². The second-order valence-electron chi connectivity index (χ2n) is 5.63. The van der Waals surface area contributed by atoms with E-state index in [2.05, 4.69) is 4.42 Å². The van der Waals surface area contributed by atoms with E-state index in [0.29, 0.717) is 12.1 Å². The van der Waals surface area contributed by atoms with E-state index in [4.69, 9.17) is 5.11 Å². The molecule has 0 aliphatic carbocycles. The summed E-state index contributed by atoms with van der Waals surface area (Å²) in [6, 6.07) is 5.19. The Labute approximate surface area is 153 Å². The fourth-order valence-corrected chi connectivity index (χ4v) is 2.70. The summed E-state index contributed by atoms with van der Waals surface area (Å²) in [5.41, 5.74) is -2.29. The minimum absolute atomic E-state index is 0.0843. The van der Waals surface area contributed by atoms with Gasteiger partial charge in [-0.3, -0.25) is 9.59 Å². The third kappa shape index (κ3) is 3.27. The molecule has 28 heavy (non-hydrogen) atoms. The van der Waals surface area contributed by atoms with Crippen LogP contribution in [-0.2, 0) is 4.79 Å². The molecule has 3 rings (SSSR count). The van der Waals surface area contributed by atoms with E-state index in [9.17, 15) is 32.7 Å². The number of hydrogen-bond donors (Lipinski definition) is 3. The fraction of sp³-hybridized carbons (Fsp3) is 0.0556. The second-order valence-corrected chi connectivity index (χ2v) is 5.63. The Balaban J connectivity index is 2.35. The molecule has 0 bridgehead atoms. The summed E-state index contributed by atoms with van der Waals surface area (Å²) in [6.45, 7) is -0.817. The molecule has 0 atom stereocenters. The van der Waals surface area contributed by atoms with Crippen molar-refractivity contribution in [3.05, 3.63) is 63.8 Å². The lowest BCUT2D eigenvalue weighted by Crippen LogP contribution is -2.32. The van der Waals surface area contributed by atoms with Gasteiger partial charge in [-0.2, -0.15) is 0 Å². The van der Waals surface area contributed by atoms with E-state index < -0.39 is 53.0 Å². The van der Waals surface area contributed by atoms with Gasteiger partial charge in [-0.05, 0) is 29.3 Å². The molecule has 144 valence electrons. The van der Waals surface area contributed by atoms with Crippen molar-refractivity contribution in [2.24, 2.45) is 0 Å². The summed E-state index contributed by atoms with van der Waals surface area (Å²) in [5.74, 6) is -8.10. The van der Waals surface area contributed by atoms with Crippen LogP contribution in [0.5, 0.6) is 5.95 Å². The zero-order chi connectivity index (χ0) is 20.6. The van der Waals surface area contributed by atoms with Crippen LogP contribution in [0, 0.1) is 17.5 Å². The maximum Gasteiger partial charge on any atom is 0.352 e. The van der Waals surface area contributed by atoms with Crippen LogP contribution in [0.4, 0.5) is 13.2 Å². The van der Waals surface area contributed by atoms with E-state index in [0.717, 1.165) is 0 Å². The molecule has 2 aromatic carbocycles. The van der Waals surface area contributed by atoms with Gasteiger partial charge < -0.3 is 19.9 Å². The van der Waals surface area contributed by atoms with Crippen molar-refractivity contribution in [1.29, 1.82) is 0 Å². The van der Waals surface area contributed by atoms with Gasteiger partial charge >= 0.3 is 11.6 Å². The van der Waals surface area contributed by atoms with Crippen LogP contribution in [0.2, 0.25) is 0 Å². The molecule has 0 saturated carbocycles. The predicted molar refractivity (Wildman–Crippen MR) is 89.4 cm³/mol. The van der Waals surface area contributed by atoms with E-state index in [1.54, 1.807) is 0 Å². The van der Waals surface area contributed by atoms with Gasteiger partial charge in [0.1, 0.15) is 12.1 Å². The molecule has 0 aliphatic heterocycles. The molecule has 0 aliphatic rings. The van der Waals surface area contributed by atoms with Crippen molar-refractivity contribution in [3.8, 4) is 17.1 Å². The zero-order valence-corrected chi connectivity index (χ0v) is 13.8. The minimum atomic E-state index is -1.70. The number of carbonyl (C=O) groups is 2. The van der Waals surface area contributed by atoms with Crippen molar-refractivity contribution in [3.63, 3.8) is 0 Å². The third-order valence-corrected chi connectivity index (χ3v) is 3.86. The summed E-state index contributed by atoms with van der Waals surface area (Å²) in [4.78, 5) is 35.2. The lowest BCUT2D eigenvalue weighted by atomic mass is 9.95. The van der Waals surface area contributed by atoms with Crippen LogP contribution in [0.1, 0.15) is 10.4 Å². The molecule has 1 amide bonds. The van der Waals surface area contributed by atoms with Crippen LogP contribution in [0.3, 0.4) is 0 Å². The molecule has 0 spiro atoms. The summed E-state index contributed by atoms with van der Waals surface area (Å²) in [6.07, 6.45) is 0. The van der Waals surface area contributed by atoms with Gasteiger partial charge in [0.15, 0.2) is 17.5 Å². The molecular weight excluding hydrogens is 383 g/mol. The van der Waals surface area contributed by atoms with E-state index >= 15 is 0 Å². The monoisotopic (exact) mass is 393 g/mol. The van der Waals surface area contributed by atoms with Crippen LogP contribution in [-0.4, -0.2) is 28.6 Å². The van der Waals surface area contributed by atoms with Gasteiger partial charge in [-0.1, -0.05) is 12.1 Å². The summed E-state index contributed by atoms with van der Waals surface area (Å²) in [7, 11) is 0. The molecule has 0 fully saturated rings. The first-order valence-electron chi connectivity index (χ1n) is 7.64. The van der Waals surface area contributed by atoms with Crippen molar-refractivity contribution in [1.82, 2.24) is 5.32 Å². The van der Waals surface area contributed by atoms with Crippen molar-refractivity contribution in [2.75, 3.05) is 6.54 Å². The number of aliphatic carboxylic acids is 1. The zero-order valence-electron chi connectivity index (χ0n) is 13.8. The number of carboxylic acids is 1. The molecule has 7 nitrogen and oxygen atoms in total. The summed E-state index contributed by atoms with van der Waals surface area (Å²) in [5, 5.41) is 20.2. The Bertz CT molecular complexity index is 1160. The van der Waals surface area contributed by atoms with Gasteiger partial charge in [-0.15, -0.1) is 0 Å². The Kier molecular flexibility index (Phi) is 4.78. The highest BCUT2D eigenvalue weighted by Gasteiger charge is 2.23. The van der Waals surface area contributed by atoms with Gasteiger partial charge in [0.05, 0.1) is 5.39 Å². The van der Waals surface area contributed by atoms with Gasteiger partial charge in [0, 0.05) is 5.39 Å².